The summed E-state index contributed by atoms with van der Waals surface area (Å²) in [4.78, 5) is 0. The van der Waals surface area contributed by atoms with Gasteiger partial charge in [0.1, 0.15) is 0 Å². The van der Waals surface area contributed by atoms with Crippen LogP contribution in [-0.2, 0) is 10.2 Å². The van der Waals surface area contributed by atoms with E-state index in [9.17, 15) is 0 Å². The van der Waals surface area contributed by atoms with Gasteiger partial charge in [-0.3, -0.25) is 0 Å². The van der Waals surface area contributed by atoms with Crippen LogP contribution < -0.4 is 0 Å². The number of hydrogen-bond acceptors (Lipinski definition) is 1. The van der Waals surface area contributed by atoms with Gasteiger partial charge in [0.05, 0.1) is 0 Å². The predicted molar refractivity (Wildman–Crippen MR) is 61.5 cm³/mol. The van der Waals surface area contributed by atoms with Crippen LogP contribution in [0.5, 0.6) is 0 Å². The summed E-state index contributed by atoms with van der Waals surface area (Å²) in [7, 11) is 0. The molecule has 1 fully saturated rings. The van der Waals surface area contributed by atoms with Gasteiger partial charge in [-0.1, -0.05) is 35.0 Å². The van der Waals surface area contributed by atoms with Crippen LogP contribution in [0.2, 0.25) is 0 Å². The Kier molecular flexibility index (Phi) is 2.93. The van der Waals surface area contributed by atoms with E-state index in [1.165, 1.54) is 5.56 Å². The van der Waals surface area contributed by atoms with E-state index in [0.29, 0.717) is 5.41 Å². The molecular weight excluding hydrogens is 240 g/mol. The molecule has 0 aliphatic carbocycles. The van der Waals surface area contributed by atoms with E-state index in [-0.39, 0.29) is 0 Å². The topological polar surface area (TPSA) is 9.23 Å². The molecule has 1 heterocycles. The lowest BCUT2D eigenvalue weighted by Gasteiger charge is -2.34. The van der Waals surface area contributed by atoms with Crippen molar-refractivity contribution in [1.29, 1.82) is 0 Å². The summed E-state index contributed by atoms with van der Waals surface area (Å²) >= 11 is 3.46. The molecule has 2 rings (SSSR count). The molecular formula is C12H15BrO. The van der Waals surface area contributed by atoms with Gasteiger partial charge in [-0.25, -0.2) is 0 Å². The summed E-state index contributed by atoms with van der Waals surface area (Å²) in [6, 6.07) is 8.68. The van der Waals surface area contributed by atoms with Gasteiger partial charge in [0.25, 0.3) is 0 Å². The van der Waals surface area contributed by atoms with Gasteiger partial charge in [0, 0.05) is 17.7 Å². The molecule has 1 aromatic carbocycles. The van der Waals surface area contributed by atoms with Crippen molar-refractivity contribution < 1.29 is 4.74 Å². The molecule has 0 radical (unpaired) electrons. The largest absolute Gasteiger partial charge is 0.381 e. The molecule has 0 aromatic heterocycles. The van der Waals surface area contributed by atoms with Crippen LogP contribution in [0.4, 0.5) is 0 Å². The third kappa shape index (κ3) is 2.01. The fourth-order valence-corrected chi connectivity index (χ4v) is 2.23. The average Bonchev–Trinajstić information content (AvgIpc) is 2.19. The normalized spacial score (nSPS) is 20.7. The molecule has 0 spiro atoms. The Labute approximate surface area is 93.6 Å². The molecule has 76 valence electrons. The Morgan fingerprint density at radius 3 is 2.29 bits per heavy atom. The maximum Gasteiger partial charge on any atom is 0.0474 e. The monoisotopic (exact) mass is 254 g/mol. The van der Waals surface area contributed by atoms with E-state index in [1.807, 2.05) is 0 Å². The van der Waals surface area contributed by atoms with Gasteiger partial charge < -0.3 is 4.74 Å². The molecule has 0 atom stereocenters. The highest BCUT2D eigenvalue weighted by Gasteiger charge is 2.28. The van der Waals surface area contributed by atoms with E-state index in [0.717, 1.165) is 30.5 Å². The standard InChI is InChI=1S/C12H15BrO/c1-12(6-8-14-9-7-12)10-2-4-11(13)5-3-10/h2-5H,6-9H2,1H3. The molecule has 1 aliphatic rings. The van der Waals surface area contributed by atoms with Gasteiger partial charge in [0.15, 0.2) is 0 Å². The van der Waals surface area contributed by atoms with Gasteiger partial charge in [-0.05, 0) is 36.0 Å². The Morgan fingerprint density at radius 1 is 1.14 bits per heavy atom. The maximum atomic E-state index is 5.40. The predicted octanol–water partition coefficient (Wildman–Crippen LogP) is 3.52. The molecule has 0 unspecified atom stereocenters. The van der Waals surface area contributed by atoms with Crippen molar-refractivity contribution in [2.24, 2.45) is 0 Å². The van der Waals surface area contributed by atoms with Crippen molar-refractivity contribution in [1.82, 2.24) is 0 Å². The Balaban J connectivity index is 2.23. The zero-order valence-electron chi connectivity index (χ0n) is 8.42. The minimum atomic E-state index is 0.318. The van der Waals surface area contributed by atoms with E-state index in [2.05, 4.69) is 47.1 Å². The fourth-order valence-electron chi connectivity index (χ4n) is 1.96. The Morgan fingerprint density at radius 2 is 1.71 bits per heavy atom. The summed E-state index contributed by atoms with van der Waals surface area (Å²) in [5.41, 5.74) is 1.75. The van der Waals surface area contributed by atoms with E-state index < -0.39 is 0 Å². The van der Waals surface area contributed by atoms with Crippen LogP contribution >= 0.6 is 15.9 Å². The van der Waals surface area contributed by atoms with Crippen LogP contribution in [0.15, 0.2) is 28.7 Å². The van der Waals surface area contributed by atoms with E-state index in [1.54, 1.807) is 0 Å². The van der Waals surface area contributed by atoms with E-state index in [4.69, 9.17) is 4.74 Å². The van der Waals surface area contributed by atoms with E-state index >= 15 is 0 Å². The molecule has 1 nitrogen and oxygen atoms in total. The smallest absolute Gasteiger partial charge is 0.0474 e. The van der Waals surface area contributed by atoms with Gasteiger partial charge in [-0.2, -0.15) is 0 Å². The zero-order valence-corrected chi connectivity index (χ0v) is 10.0. The summed E-state index contributed by atoms with van der Waals surface area (Å²) < 4.78 is 6.55. The van der Waals surface area contributed by atoms with Crippen LogP contribution in [0, 0.1) is 0 Å². The van der Waals surface area contributed by atoms with Gasteiger partial charge in [-0.15, -0.1) is 0 Å². The van der Waals surface area contributed by atoms with Crippen LogP contribution in [-0.4, -0.2) is 13.2 Å². The lowest BCUT2D eigenvalue weighted by atomic mass is 9.76. The zero-order chi connectivity index (χ0) is 10.0. The second kappa shape index (κ2) is 4.03. The quantitative estimate of drug-likeness (QED) is 0.746. The minimum Gasteiger partial charge on any atom is -0.381 e. The molecule has 0 bridgehead atoms. The fraction of sp³-hybridized carbons (Fsp3) is 0.500. The summed E-state index contributed by atoms with van der Waals surface area (Å²) in [6.45, 7) is 4.12. The van der Waals surface area contributed by atoms with Crippen molar-refractivity contribution in [3.8, 4) is 0 Å². The molecule has 14 heavy (non-hydrogen) atoms. The van der Waals surface area contributed by atoms with Crippen molar-refractivity contribution in [2.45, 2.75) is 25.2 Å². The number of hydrogen-bond donors (Lipinski definition) is 0. The third-order valence-corrected chi connectivity index (χ3v) is 3.67. The Hall–Kier alpha value is -0.340. The first-order chi connectivity index (χ1) is 6.71. The molecule has 0 N–H and O–H groups in total. The second-order valence-corrected chi connectivity index (χ2v) is 5.10. The lowest BCUT2D eigenvalue weighted by Crippen LogP contribution is -2.30. The first kappa shape index (κ1) is 10.2. The highest BCUT2D eigenvalue weighted by molar-refractivity contribution is 9.10. The van der Waals surface area contributed by atoms with Gasteiger partial charge in [0.2, 0.25) is 0 Å². The first-order valence-electron chi connectivity index (χ1n) is 5.04. The van der Waals surface area contributed by atoms with Crippen LogP contribution in [0.25, 0.3) is 0 Å². The molecule has 0 saturated carbocycles. The summed E-state index contributed by atoms with van der Waals surface area (Å²) in [6.07, 6.45) is 2.27. The third-order valence-electron chi connectivity index (χ3n) is 3.14. The molecule has 1 aromatic rings. The number of halogens is 1. The van der Waals surface area contributed by atoms with Crippen molar-refractivity contribution >= 4 is 15.9 Å². The SMILES string of the molecule is CC1(c2ccc(Br)cc2)CCOCC1. The number of rotatable bonds is 1. The average molecular weight is 255 g/mol. The first-order valence-corrected chi connectivity index (χ1v) is 5.84. The highest BCUT2D eigenvalue weighted by Crippen LogP contribution is 2.34. The summed E-state index contributed by atoms with van der Waals surface area (Å²) in [5, 5.41) is 0. The van der Waals surface area contributed by atoms with Gasteiger partial charge >= 0.3 is 0 Å². The second-order valence-electron chi connectivity index (χ2n) is 4.18. The highest BCUT2D eigenvalue weighted by atomic mass is 79.9. The Bertz CT molecular complexity index is 299. The number of ether oxygens (including phenoxy) is 1. The summed E-state index contributed by atoms with van der Waals surface area (Å²) in [5.74, 6) is 0. The van der Waals surface area contributed by atoms with Crippen molar-refractivity contribution in [3.05, 3.63) is 34.3 Å². The number of benzene rings is 1. The molecule has 1 aliphatic heterocycles. The van der Waals surface area contributed by atoms with Crippen LogP contribution in [0.1, 0.15) is 25.3 Å². The van der Waals surface area contributed by atoms with Crippen molar-refractivity contribution in [2.75, 3.05) is 13.2 Å². The molecule has 1 saturated heterocycles. The minimum absolute atomic E-state index is 0.318. The van der Waals surface area contributed by atoms with Crippen molar-refractivity contribution in [3.63, 3.8) is 0 Å². The van der Waals surface area contributed by atoms with Crippen LogP contribution in [0.3, 0.4) is 0 Å². The maximum absolute atomic E-state index is 5.40. The molecule has 2 heteroatoms. The molecule has 0 amide bonds. The lowest BCUT2D eigenvalue weighted by molar-refractivity contribution is 0.0564.